The molecule has 0 spiro atoms. The average molecular weight is 410 g/mol. The average Bonchev–Trinajstić information content (AvgIpc) is 3.09. The molecule has 0 fully saturated rings. The number of anilines is 1. The number of thiazole rings is 1. The Hall–Kier alpha value is -2.24. The summed E-state index contributed by atoms with van der Waals surface area (Å²) in [6.07, 6.45) is 1.32. The first-order valence-corrected chi connectivity index (χ1v) is 11.0. The van der Waals surface area contributed by atoms with Crippen molar-refractivity contribution in [1.82, 2.24) is 9.88 Å². The summed E-state index contributed by atoms with van der Waals surface area (Å²) in [7, 11) is 4.12. The molecule has 4 nitrogen and oxygen atoms in total. The van der Waals surface area contributed by atoms with Crippen LogP contribution in [-0.2, 0) is 11.2 Å². The third-order valence-electron chi connectivity index (χ3n) is 5.44. The number of benzene rings is 2. The zero-order chi connectivity index (χ0) is 21.1. The van der Waals surface area contributed by atoms with Crippen LogP contribution in [0.3, 0.4) is 0 Å². The van der Waals surface area contributed by atoms with Crippen molar-refractivity contribution in [2.45, 2.75) is 40.5 Å². The molecule has 154 valence electrons. The Kier molecular flexibility index (Phi) is 6.70. The highest BCUT2D eigenvalue weighted by atomic mass is 32.1. The van der Waals surface area contributed by atoms with Crippen LogP contribution in [0.4, 0.5) is 5.13 Å². The van der Waals surface area contributed by atoms with E-state index in [0.29, 0.717) is 13.0 Å². The number of nitrogens with zero attached hydrogens (tertiary/aromatic N) is 3. The Morgan fingerprint density at radius 3 is 2.45 bits per heavy atom. The van der Waals surface area contributed by atoms with E-state index in [4.69, 9.17) is 4.98 Å². The Balaban J connectivity index is 1.92. The van der Waals surface area contributed by atoms with Crippen molar-refractivity contribution in [3.05, 3.63) is 58.1 Å². The molecule has 0 aliphatic carbocycles. The maximum Gasteiger partial charge on any atom is 0.233 e. The summed E-state index contributed by atoms with van der Waals surface area (Å²) >= 11 is 1.61. The molecule has 0 aliphatic heterocycles. The molecule has 1 aromatic heterocycles. The van der Waals surface area contributed by atoms with Gasteiger partial charge in [0.25, 0.3) is 0 Å². The summed E-state index contributed by atoms with van der Waals surface area (Å²) in [5, 5.41) is 0.808. The highest BCUT2D eigenvalue weighted by Gasteiger charge is 2.21. The summed E-state index contributed by atoms with van der Waals surface area (Å²) < 4.78 is 1.14. The normalized spacial score (nSPS) is 11.4. The number of carbonyl (C=O) groups is 1. The molecular formula is C24H31N3OS. The van der Waals surface area contributed by atoms with Gasteiger partial charge < -0.3 is 4.90 Å². The van der Waals surface area contributed by atoms with Crippen molar-refractivity contribution in [3.63, 3.8) is 0 Å². The van der Waals surface area contributed by atoms with E-state index in [1.165, 1.54) is 16.7 Å². The molecule has 1 amide bonds. The number of aryl methyl sites for hydroxylation is 4. The number of aromatic nitrogens is 1. The first kappa shape index (κ1) is 21.5. The molecule has 2 aromatic carbocycles. The fourth-order valence-electron chi connectivity index (χ4n) is 3.45. The third kappa shape index (κ3) is 5.03. The second kappa shape index (κ2) is 9.06. The molecule has 0 saturated carbocycles. The van der Waals surface area contributed by atoms with Crippen molar-refractivity contribution in [1.29, 1.82) is 0 Å². The van der Waals surface area contributed by atoms with Gasteiger partial charge in [0, 0.05) is 6.54 Å². The summed E-state index contributed by atoms with van der Waals surface area (Å²) in [5.74, 6) is 0.117. The van der Waals surface area contributed by atoms with Crippen LogP contribution in [0.25, 0.3) is 10.2 Å². The van der Waals surface area contributed by atoms with Gasteiger partial charge in [0.1, 0.15) is 0 Å². The molecule has 0 N–H and O–H groups in total. The number of rotatable bonds is 7. The van der Waals surface area contributed by atoms with Gasteiger partial charge in [-0.3, -0.25) is 9.69 Å². The lowest BCUT2D eigenvalue weighted by atomic mass is 10.0. The predicted octanol–water partition coefficient (Wildman–Crippen LogP) is 5.06. The van der Waals surface area contributed by atoms with E-state index in [9.17, 15) is 4.79 Å². The van der Waals surface area contributed by atoms with Gasteiger partial charge in [-0.2, -0.15) is 0 Å². The molecular weight excluding hydrogens is 378 g/mol. The van der Waals surface area contributed by atoms with Crippen molar-refractivity contribution in [2.75, 3.05) is 32.1 Å². The molecule has 0 aliphatic rings. The van der Waals surface area contributed by atoms with Crippen molar-refractivity contribution in [2.24, 2.45) is 0 Å². The second-order valence-corrected chi connectivity index (χ2v) is 9.17. The van der Waals surface area contributed by atoms with E-state index in [1.807, 2.05) is 4.90 Å². The quantitative estimate of drug-likeness (QED) is 0.547. The highest BCUT2D eigenvalue weighted by molar-refractivity contribution is 7.22. The zero-order valence-electron chi connectivity index (χ0n) is 18.4. The molecule has 0 unspecified atom stereocenters. The van der Waals surface area contributed by atoms with E-state index in [1.54, 1.807) is 11.3 Å². The third-order valence-corrected chi connectivity index (χ3v) is 6.48. The summed E-state index contributed by atoms with van der Waals surface area (Å²) in [6.45, 7) is 9.98. The predicted molar refractivity (Wildman–Crippen MR) is 124 cm³/mol. The molecule has 1 heterocycles. The van der Waals surface area contributed by atoms with Crippen LogP contribution in [0, 0.1) is 27.7 Å². The van der Waals surface area contributed by atoms with E-state index in [-0.39, 0.29) is 5.91 Å². The van der Waals surface area contributed by atoms with Crippen LogP contribution in [0.15, 0.2) is 30.3 Å². The first-order chi connectivity index (χ1) is 13.8. The topological polar surface area (TPSA) is 36.4 Å². The Morgan fingerprint density at radius 1 is 1.00 bits per heavy atom. The number of hydrogen-bond donors (Lipinski definition) is 0. The van der Waals surface area contributed by atoms with Gasteiger partial charge >= 0.3 is 0 Å². The van der Waals surface area contributed by atoms with E-state index < -0.39 is 0 Å². The lowest BCUT2D eigenvalue weighted by Gasteiger charge is -2.21. The number of fused-ring (bicyclic) bond motifs is 1. The standard InChI is InChI=1S/C24H31N3OS/c1-16-8-9-18(3)20(14-16)15-22(28)27(13-7-12-26(5)6)24-25-23-19(4)17(2)10-11-21(23)29-24/h8-11,14H,7,12-13,15H2,1-6H3. The van der Waals surface area contributed by atoms with E-state index in [0.717, 1.165) is 39.4 Å². The SMILES string of the molecule is Cc1ccc(C)c(CC(=O)N(CCCN(C)C)c2nc3c(C)c(C)ccc3s2)c1. The molecule has 0 bridgehead atoms. The van der Waals surface area contributed by atoms with Crippen LogP contribution in [-0.4, -0.2) is 43.0 Å². The minimum atomic E-state index is 0.117. The van der Waals surface area contributed by atoms with Crippen LogP contribution < -0.4 is 4.90 Å². The van der Waals surface area contributed by atoms with Gasteiger partial charge in [-0.1, -0.05) is 41.2 Å². The van der Waals surface area contributed by atoms with Gasteiger partial charge in [-0.25, -0.2) is 4.98 Å². The van der Waals surface area contributed by atoms with Crippen molar-refractivity contribution < 1.29 is 4.79 Å². The fourth-order valence-corrected chi connectivity index (χ4v) is 4.52. The highest BCUT2D eigenvalue weighted by Crippen LogP contribution is 2.32. The monoisotopic (exact) mass is 409 g/mol. The van der Waals surface area contributed by atoms with Crippen LogP contribution in [0.2, 0.25) is 0 Å². The summed E-state index contributed by atoms with van der Waals surface area (Å²) in [5.41, 5.74) is 6.88. The number of hydrogen-bond acceptors (Lipinski definition) is 4. The number of amides is 1. The van der Waals surface area contributed by atoms with Crippen LogP contribution in [0.1, 0.15) is 34.2 Å². The largest absolute Gasteiger partial charge is 0.309 e. The van der Waals surface area contributed by atoms with E-state index in [2.05, 4.69) is 77.0 Å². The molecule has 0 radical (unpaired) electrons. The molecule has 0 atom stereocenters. The summed E-state index contributed by atoms with van der Waals surface area (Å²) in [6, 6.07) is 10.6. The molecule has 29 heavy (non-hydrogen) atoms. The Bertz CT molecular complexity index is 1020. The van der Waals surface area contributed by atoms with Crippen molar-refractivity contribution >= 4 is 32.6 Å². The maximum absolute atomic E-state index is 13.4. The number of carbonyl (C=O) groups excluding carboxylic acids is 1. The van der Waals surface area contributed by atoms with Gasteiger partial charge in [0.05, 0.1) is 16.6 Å². The van der Waals surface area contributed by atoms with Crippen LogP contribution in [0.5, 0.6) is 0 Å². The minimum absolute atomic E-state index is 0.117. The van der Waals surface area contributed by atoms with Gasteiger partial charge in [0.2, 0.25) is 5.91 Å². The zero-order valence-corrected chi connectivity index (χ0v) is 19.2. The lowest BCUT2D eigenvalue weighted by Crippen LogP contribution is -2.34. The molecule has 3 rings (SSSR count). The Morgan fingerprint density at radius 2 is 1.72 bits per heavy atom. The summed E-state index contributed by atoms with van der Waals surface area (Å²) in [4.78, 5) is 22.3. The second-order valence-electron chi connectivity index (χ2n) is 8.16. The molecule has 0 saturated heterocycles. The minimum Gasteiger partial charge on any atom is -0.309 e. The van der Waals surface area contributed by atoms with E-state index >= 15 is 0 Å². The van der Waals surface area contributed by atoms with Gasteiger partial charge in [-0.15, -0.1) is 0 Å². The first-order valence-electron chi connectivity index (χ1n) is 10.1. The lowest BCUT2D eigenvalue weighted by molar-refractivity contribution is -0.118. The Labute approximate surface area is 178 Å². The maximum atomic E-state index is 13.4. The fraction of sp³-hybridized carbons (Fsp3) is 0.417. The van der Waals surface area contributed by atoms with Crippen molar-refractivity contribution in [3.8, 4) is 0 Å². The molecule has 5 heteroatoms. The van der Waals surface area contributed by atoms with Gasteiger partial charge in [-0.05, 0) is 83.1 Å². The molecule has 3 aromatic rings. The van der Waals surface area contributed by atoms with Crippen LogP contribution >= 0.6 is 11.3 Å². The smallest absolute Gasteiger partial charge is 0.233 e. The van der Waals surface area contributed by atoms with Gasteiger partial charge in [0.15, 0.2) is 5.13 Å².